The molecule has 0 spiro atoms. The largest absolute Gasteiger partial charge is 0.289 e. The second-order valence-corrected chi connectivity index (χ2v) is 8.82. The maximum Gasteiger partial charge on any atom is 0.289 e. The lowest BCUT2D eigenvalue weighted by atomic mass is 10.0. The van der Waals surface area contributed by atoms with E-state index >= 15 is 0 Å². The van der Waals surface area contributed by atoms with E-state index in [1.54, 1.807) is 5.38 Å². The molecule has 1 aromatic heterocycles. The standard InChI is InChI=1S/C21H15N3O4S2/c25-24(26)19-8-4-5-9-20(19)30(27,28)23-21-22-18(14-29-21)17-12-10-16(11-13-17)15-6-2-1-3-7-15/h1-14H,(H,22,23). The van der Waals surface area contributed by atoms with Crippen LogP contribution in [0.3, 0.4) is 0 Å². The number of benzene rings is 3. The molecule has 3 aromatic carbocycles. The molecule has 0 atom stereocenters. The van der Waals surface area contributed by atoms with Gasteiger partial charge in [-0.25, -0.2) is 13.4 Å². The van der Waals surface area contributed by atoms with E-state index in [1.165, 1.54) is 18.2 Å². The van der Waals surface area contributed by atoms with Gasteiger partial charge in [0.2, 0.25) is 0 Å². The summed E-state index contributed by atoms with van der Waals surface area (Å²) in [6.45, 7) is 0. The predicted octanol–water partition coefficient (Wildman–Crippen LogP) is 5.19. The highest BCUT2D eigenvalue weighted by atomic mass is 32.2. The zero-order chi connectivity index (χ0) is 21.1. The van der Waals surface area contributed by atoms with Gasteiger partial charge in [0, 0.05) is 17.0 Å². The summed E-state index contributed by atoms with van der Waals surface area (Å²) in [4.78, 5) is 14.3. The minimum absolute atomic E-state index is 0.135. The van der Waals surface area contributed by atoms with Gasteiger partial charge in [0.15, 0.2) is 10.0 Å². The lowest BCUT2D eigenvalue weighted by Gasteiger charge is -2.05. The van der Waals surface area contributed by atoms with Crippen LogP contribution in [-0.2, 0) is 10.0 Å². The molecule has 7 nitrogen and oxygen atoms in total. The van der Waals surface area contributed by atoms with Crippen molar-refractivity contribution in [2.45, 2.75) is 4.90 Å². The molecule has 1 heterocycles. The zero-order valence-electron chi connectivity index (χ0n) is 15.4. The van der Waals surface area contributed by atoms with Gasteiger partial charge in [0.1, 0.15) is 0 Å². The molecule has 0 saturated carbocycles. The fourth-order valence-electron chi connectivity index (χ4n) is 2.92. The Kier molecular flexibility index (Phi) is 5.30. The highest BCUT2D eigenvalue weighted by Crippen LogP contribution is 2.30. The minimum Gasteiger partial charge on any atom is -0.258 e. The first-order valence-corrected chi connectivity index (χ1v) is 11.2. The Labute approximate surface area is 176 Å². The fraction of sp³-hybridized carbons (Fsp3) is 0. The number of para-hydroxylation sites is 1. The van der Waals surface area contributed by atoms with Crippen LogP contribution in [0.2, 0.25) is 0 Å². The zero-order valence-corrected chi connectivity index (χ0v) is 17.1. The van der Waals surface area contributed by atoms with E-state index in [1.807, 2.05) is 54.6 Å². The highest BCUT2D eigenvalue weighted by molar-refractivity contribution is 7.93. The molecule has 150 valence electrons. The van der Waals surface area contributed by atoms with E-state index in [-0.39, 0.29) is 5.13 Å². The molecule has 0 unspecified atom stereocenters. The third-order valence-corrected chi connectivity index (χ3v) is 6.64. The summed E-state index contributed by atoms with van der Waals surface area (Å²) < 4.78 is 27.6. The quantitative estimate of drug-likeness (QED) is 0.330. The molecule has 0 radical (unpaired) electrons. The number of thiazole rings is 1. The van der Waals surface area contributed by atoms with Crippen LogP contribution < -0.4 is 4.72 Å². The number of nitrogens with one attached hydrogen (secondary N) is 1. The average Bonchev–Trinajstić information content (AvgIpc) is 3.22. The third kappa shape index (κ3) is 4.07. The Morgan fingerprint density at radius 1 is 0.833 bits per heavy atom. The number of nitro benzene ring substituents is 1. The van der Waals surface area contributed by atoms with Gasteiger partial charge in [-0.15, -0.1) is 11.3 Å². The molecule has 0 aliphatic carbocycles. The predicted molar refractivity (Wildman–Crippen MR) is 117 cm³/mol. The molecule has 0 aliphatic rings. The first kappa shape index (κ1) is 19.7. The van der Waals surface area contributed by atoms with E-state index in [0.29, 0.717) is 5.69 Å². The van der Waals surface area contributed by atoms with Crippen LogP contribution in [-0.4, -0.2) is 18.3 Å². The van der Waals surface area contributed by atoms with Crippen LogP contribution in [0.15, 0.2) is 89.1 Å². The smallest absolute Gasteiger partial charge is 0.258 e. The van der Waals surface area contributed by atoms with Crippen LogP contribution in [0.25, 0.3) is 22.4 Å². The Bertz CT molecular complexity index is 1300. The van der Waals surface area contributed by atoms with Gasteiger partial charge in [0.05, 0.1) is 10.6 Å². The van der Waals surface area contributed by atoms with Gasteiger partial charge < -0.3 is 0 Å². The molecule has 30 heavy (non-hydrogen) atoms. The van der Waals surface area contributed by atoms with Crippen LogP contribution in [0.1, 0.15) is 0 Å². The highest BCUT2D eigenvalue weighted by Gasteiger charge is 2.26. The van der Waals surface area contributed by atoms with Gasteiger partial charge in [-0.1, -0.05) is 66.7 Å². The number of nitrogens with zero attached hydrogens (tertiary/aromatic N) is 2. The summed E-state index contributed by atoms with van der Waals surface area (Å²) in [7, 11) is -4.14. The Hall–Kier alpha value is -3.56. The summed E-state index contributed by atoms with van der Waals surface area (Å²) in [5, 5.41) is 13.0. The van der Waals surface area contributed by atoms with Crippen molar-refractivity contribution in [3.05, 3.63) is 94.4 Å². The average molecular weight is 438 g/mol. The van der Waals surface area contributed by atoms with Crippen molar-refractivity contribution in [1.82, 2.24) is 4.98 Å². The second kappa shape index (κ2) is 8.05. The number of nitro groups is 1. The van der Waals surface area contributed by atoms with Crippen molar-refractivity contribution in [2.24, 2.45) is 0 Å². The molecule has 0 bridgehead atoms. The summed E-state index contributed by atoms with van der Waals surface area (Å²) in [5.41, 5.74) is 3.12. The van der Waals surface area contributed by atoms with Gasteiger partial charge in [-0.05, 0) is 17.2 Å². The first-order chi connectivity index (χ1) is 14.4. The number of hydrogen-bond acceptors (Lipinski definition) is 6. The van der Waals surface area contributed by atoms with Crippen molar-refractivity contribution in [3.63, 3.8) is 0 Å². The third-order valence-electron chi connectivity index (χ3n) is 4.37. The molecule has 0 fully saturated rings. The van der Waals surface area contributed by atoms with E-state index in [9.17, 15) is 18.5 Å². The van der Waals surface area contributed by atoms with Crippen LogP contribution in [0.5, 0.6) is 0 Å². The molecule has 0 saturated heterocycles. The van der Waals surface area contributed by atoms with E-state index in [2.05, 4.69) is 9.71 Å². The van der Waals surface area contributed by atoms with Crippen molar-refractivity contribution in [3.8, 4) is 22.4 Å². The lowest BCUT2D eigenvalue weighted by Crippen LogP contribution is -2.14. The molecule has 4 aromatic rings. The minimum atomic E-state index is -4.14. The maximum absolute atomic E-state index is 12.6. The monoisotopic (exact) mass is 437 g/mol. The van der Waals surface area contributed by atoms with Gasteiger partial charge in [0.25, 0.3) is 15.7 Å². The van der Waals surface area contributed by atoms with Crippen molar-refractivity contribution >= 4 is 32.2 Å². The SMILES string of the molecule is O=[N+]([O-])c1ccccc1S(=O)(=O)Nc1nc(-c2ccc(-c3ccccc3)cc2)cs1. The Morgan fingerprint density at radius 3 is 2.13 bits per heavy atom. The fourth-order valence-corrected chi connectivity index (χ4v) is 5.07. The van der Waals surface area contributed by atoms with Crippen molar-refractivity contribution < 1.29 is 13.3 Å². The Balaban J connectivity index is 1.57. The molecule has 0 amide bonds. The number of sulfonamides is 1. The normalized spacial score (nSPS) is 11.2. The summed E-state index contributed by atoms with van der Waals surface area (Å²) >= 11 is 1.11. The van der Waals surface area contributed by atoms with E-state index < -0.39 is 25.5 Å². The molecule has 0 aliphatic heterocycles. The molecular weight excluding hydrogens is 422 g/mol. The van der Waals surface area contributed by atoms with Gasteiger partial charge in [-0.2, -0.15) is 0 Å². The van der Waals surface area contributed by atoms with Crippen LogP contribution >= 0.6 is 11.3 Å². The molecular formula is C21H15N3O4S2. The van der Waals surface area contributed by atoms with E-state index in [4.69, 9.17) is 0 Å². The number of anilines is 1. The summed E-state index contributed by atoms with van der Waals surface area (Å²) in [6.07, 6.45) is 0. The van der Waals surface area contributed by atoms with E-state index in [0.717, 1.165) is 34.1 Å². The van der Waals surface area contributed by atoms with Gasteiger partial charge >= 0.3 is 0 Å². The summed E-state index contributed by atoms with van der Waals surface area (Å²) in [6, 6.07) is 22.9. The van der Waals surface area contributed by atoms with Crippen LogP contribution in [0, 0.1) is 10.1 Å². The van der Waals surface area contributed by atoms with Crippen molar-refractivity contribution in [1.29, 1.82) is 0 Å². The van der Waals surface area contributed by atoms with Gasteiger partial charge in [-0.3, -0.25) is 14.8 Å². The molecule has 4 rings (SSSR count). The number of aromatic nitrogens is 1. The molecule has 1 N–H and O–H groups in total. The number of hydrogen-bond donors (Lipinski definition) is 1. The number of rotatable bonds is 6. The topological polar surface area (TPSA) is 102 Å². The van der Waals surface area contributed by atoms with Crippen LogP contribution in [0.4, 0.5) is 10.8 Å². The first-order valence-electron chi connectivity index (χ1n) is 8.82. The van der Waals surface area contributed by atoms with Crippen molar-refractivity contribution in [2.75, 3.05) is 4.72 Å². The lowest BCUT2D eigenvalue weighted by molar-refractivity contribution is -0.387. The molecule has 9 heteroatoms. The summed E-state index contributed by atoms with van der Waals surface area (Å²) in [5.74, 6) is 0. The second-order valence-electron chi connectivity index (χ2n) is 6.31. The maximum atomic E-state index is 12.6. The Morgan fingerprint density at radius 2 is 1.43 bits per heavy atom.